The first-order valence-electron chi connectivity index (χ1n) is 8.51. The Balaban J connectivity index is 1.67. The number of benzene rings is 3. The second-order valence-corrected chi connectivity index (χ2v) is 7.69. The average Bonchev–Trinajstić information content (AvgIpc) is 3.11. The zero-order chi connectivity index (χ0) is 16.1. The first-order valence-corrected chi connectivity index (χ1v) is 9.31. The molecule has 0 saturated heterocycles. The van der Waals surface area contributed by atoms with Crippen LogP contribution in [0.25, 0.3) is 10.8 Å². The lowest BCUT2D eigenvalue weighted by Crippen LogP contribution is -2.29. The predicted molar refractivity (Wildman–Crippen MR) is 104 cm³/mol. The Labute approximate surface area is 150 Å². The van der Waals surface area contributed by atoms with E-state index in [-0.39, 0.29) is 0 Å². The van der Waals surface area contributed by atoms with Gasteiger partial charge < -0.3 is 5.32 Å². The van der Waals surface area contributed by atoms with Gasteiger partial charge in [0.2, 0.25) is 0 Å². The van der Waals surface area contributed by atoms with Crippen molar-refractivity contribution in [2.75, 3.05) is 5.32 Å². The number of hydrogen-bond donors (Lipinski definition) is 1. The van der Waals surface area contributed by atoms with Crippen LogP contribution in [0.4, 0.5) is 5.69 Å². The minimum Gasteiger partial charge on any atom is -0.378 e. The predicted octanol–water partition coefficient (Wildman–Crippen LogP) is 6.43. The normalized spacial score (nSPS) is 24.5. The average molecular weight is 376 g/mol. The number of hydrogen-bond acceptors (Lipinski definition) is 1. The summed E-state index contributed by atoms with van der Waals surface area (Å²) in [4.78, 5) is 0. The van der Waals surface area contributed by atoms with Crippen molar-refractivity contribution in [1.29, 1.82) is 0 Å². The van der Waals surface area contributed by atoms with Crippen molar-refractivity contribution in [3.63, 3.8) is 0 Å². The van der Waals surface area contributed by atoms with Crippen LogP contribution >= 0.6 is 15.9 Å². The maximum Gasteiger partial charge on any atom is 0.0553 e. The van der Waals surface area contributed by atoms with E-state index < -0.39 is 0 Å². The van der Waals surface area contributed by atoms with Gasteiger partial charge in [-0.05, 0) is 52.4 Å². The Morgan fingerprint density at radius 2 is 1.75 bits per heavy atom. The summed E-state index contributed by atoms with van der Waals surface area (Å²) in [5.74, 6) is 1.09. The maximum absolute atomic E-state index is 3.84. The van der Waals surface area contributed by atoms with Gasteiger partial charge in [-0.25, -0.2) is 0 Å². The van der Waals surface area contributed by atoms with Crippen molar-refractivity contribution in [1.82, 2.24) is 0 Å². The molecule has 1 aliphatic carbocycles. The van der Waals surface area contributed by atoms with Gasteiger partial charge in [0.05, 0.1) is 6.04 Å². The maximum atomic E-state index is 3.84. The molecule has 0 radical (unpaired) electrons. The Morgan fingerprint density at radius 1 is 0.917 bits per heavy atom. The summed E-state index contributed by atoms with van der Waals surface area (Å²) in [5, 5.41) is 6.56. The van der Waals surface area contributed by atoms with Crippen molar-refractivity contribution in [2.24, 2.45) is 5.92 Å². The zero-order valence-corrected chi connectivity index (χ0v) is 14.8. The van der Waals surface area contributed by atoms with Crippen LogP contribution < -0.4 is 5.32 Å². The topological polar surface area (TPSA) is 12.0 Å². The minimum absolute atomic E-state index is 0.367. The van der Waals surface area contributed by atoms with E-state index in [1.54, 1.807) is 0 Å². The molecule has 3 aromatic carbocycles. The lowest BCUT2D eigenvalue weighted by Gasteiger charge is -2.38. The molecule has 3 atom stereocenters. The van der Waals surface area contributed by atoms with E-state index in [2.05, 4.69) is 94.1 Å². The largest absolute Gasteiger partial charge is 0.378 e. The van der Waals surface area contributed by atoms with Crippen LogP contribution in [-0.2, 0) is 0 Å². The molecule has 1 N–H and O–H groups in total. The van der Waals surface area contributed by atoms with Crippen LogP contribution in [0.5, 0.6) is 0 Å². The summed E-state index contributed by atoms with van der Waals surface area (Å²) in [7, 11) is 0. The van der Waals surface area contributed by atoms with E-state index in [9.17, 15) is 0 Å². The van der Waals surface area contributed by atoms with Gasteiger partial charge in [-0.3, -0.25) is 0 Å². The highest BCUT2D eigenvalue weighted by molar-refractivity contribution is 9.10. The van der Waals surface area contributed by atoms with Crippen LogP contribution in [-0.4, -0.2) is 0 Å². The lowest BCUT2D eigenvalue weighted by molar-refractivity contribution is 0.427. The van der Waals surface area contributed by atoms with Gasteiger partial charge in [-0.2, -0.15) is 0 Å². The summed E-state index contributed by atoms with van der Waals surface area (Å²) in [6.45, 7) is 0. The molecule has 118 valence electrons. The number of halogens is 1. The second kappa shape index (κ2) is 5.49. The van der Waals surface area contributed by atoms with Gasteiger partial charge in [0.15, 0.2) is 0 Å². The molecular weight excluding hydrogens is 358 g/mol. The molecule has 1 heterocycles. The van der Waals surface area contributed by atoms with Crippen LogP contribution in [0.2, 0.25) is 0 Å². The van der Waals surface area contributed by atoms with Gasteiger partial charge in [-0.1, -0.05) is 70.5 Å². The molecule has 0 unspecified atom stereocenters. The molecule has 1 aliphatic heterocycles. The van der Waals surface area contributed by atoms with Gasteiger partial charge in [0, 0.05) is 16.1 Å². The monoisotopic (exact) mass is 375 g/mol. The Morgan fingerprint density at radius 3 is 2.62 bits per heavy atom. The molecular formula is C22H18BrN. The molecule has 0 aromatic heterocycles. The number of nitrogens with one attached hydrogen (secondary N) is 1. The molecule has 5 rings (SSSR count). The van der Waals surface area contributed by atoms with Gasteiger partial charge in [0.25, 0.3) is 0 Å². The van der Waals surface area contributed by atoms with E-state index >= 15 is 0 Å². The third-order valence-electron chi connectivity index (χ3n) is 5.49. The fourth-order valence-electron chi connectivity index (χ4n) is 4.38. The number of allylic oxidation sites excluding steroid dienone is 2. The van der Waals surface area contributed by atoms with E-state index in [4.69, 9.17) is 0 Å². The molecule has 2 aliphatic rings. The number of anilines is 1. The van der Waals surface area contributed by atoms with E-state index in [1.807, 2.05) is 0 Å². The fraction of sp³-hybridized carbons (Fsp3) is 0.182. The second-order valence-electron chi connectivity index (χ2n) is 6.77. The van der Waals surface area contributed by atoms with Gasteiger partial charge in [0.1, 0.15) is 0 Å². The highest BCUT2D eigenvalue weighted by atomic mass is 79.9. The van der Waals surface area contributed by atoms with E-state index in [0.29, 0.717) is 17.9 Å². The highest BCUT2D eigenvalue weighted by Gasteiger charge is 2.38. The number of fused-ring (bicyclic) bond motifs is 5. The molecule has 0 bridgehead atoms. The van der Waals surface area contributed by atoms with E-state index in [1.165, 1.54) is 27.6 Å². The molecule has 0 amide bonds. The van der Waals surface area contributed by atoms with Crippen molar-refractivity contribution in [3.8, 4) is 0 Å². The molecule has 3 aromatic rings. The molecule has 0 saturated carbocycles. The molecule has 24 heavy (non-hydrogen) atoms. The smallest absolute Gasteiger partial charge is 0.0553 e. The summed E-state index contributed by atoms with van der Waals surface area (Å²) in [6, 6.07) is 22.4. The Hall–Kier alpha value is -2.06. The molecule has 2 heteroatoms. The highest BCUT2D eigenvalue weighted by Crippen LogP contribution is 2.51. The quantitative estimate of drug-likeness (QED) is 0.483. The summed E-state index contributed by atoms with van der Waals surface area (Å²) in [6.07, 6.45) is 5.92. The first-order chi connectivity index (χ1) is 11.8. The summed E-state index contributed by atoms with van der Waals surface area (Å²) >= 11 is 3.55. The SMILES string of the molecule is Brc1ccc([C@H]2Nc3ccc4ccccc4c3[C@H]3C=CC[C@@H]32)cc1. The van der Waals surface area contributed by atoms with Crippen molar-refractivity contribution < 1.29 is 0 Å². The summed E-state index contributed by atoms with van der Waals surface area (Å²) in [5.41, 5.74) is 4.13. The fourth-order valence-corrected chi connectivity index (χ4v) is 4.65. The standard InChI is InChI=1S/C22H18BrN/c23-16-11-8-15(9-12-16)22-19-7-3-6-18(19)21-17-5-2-1-4-14(17)10-13-20(21)24-22/h1-6,8-13,18-19,22,24H,7H2/t18-,19-,22+/m0/s1. The van der Waals surface area contributed by atoms with Crippen molar-refractivity contribution >= 4 is 32.4 Å². The Kier molecular flexibility index (Phi) is 3.27. The van der Waals surface area contributed by atoms with Crippen molar-refractivity contribution in [3.05, 3.63) is 88.4 Å². The van der Waals surface area contributed by atoms with Crippen LogP contribution in [0.3, 0.4) is 0 Å². The molecule has 0 fully saturated rings. The minimum atomic E-state index is 0.367. The van der Waals surface area contributed by atoms with E-state index in [0.717, 1.165) is 10.9 Å². The van der Waals surface area contributed by atoms with Crippen LogP contribution in [0.15, 0.2) is 77.3 Å². The number of rotatable bonds is 1. The van der Waals surface area contributed by atoms with Gasteiger partial charge in [-0.15, -0.1) is 0 Å². The third-order valence-corrected chi connectivity index (χ3v) is 6.01. The summed E-state index contributed by atoms with van der Waals surface area (Å²) < 4.78 is 1.13. The van der Waals surface area contributed by atoms with Crippen molar-refractivity contribution in [2.45, 2.75) is 18.4 Å². The first kappa shape index (κ1) is 14.3. The Bertz CT molecular complexity index is 942. The van der Waals surface area contributed by atoms with Gasteiger partial charge >= 0.3 is 0 Å². The third kappa shape index (κ3) is 2.13. The lowest BCUT2D eigenvalue weighted by atomic mass is 9.75. The zero-order valence-electron chi connectivity index (χ0n) is 13.2. The molecule has 0 spiro atoms. The molecule has 1 nitrogen and oxygen atoms in total. The van der Waals surface area contributed by atoms with Crippen LogP contribution in [0, 0.1) is 5.92 Å². The van der Waals surface area contributed by atoms with Crippen LogP contribution in [0.1, 0.15) is 29.5 Å².